The molecular weight excluding hydrogens is 332 g/mol. The van der Waals surface area contributed by atoms with Crippen LogP contribution in [0.5, 0.6) is 11.5 Å². The molecule has 0 aliphatic rings. The molecular formula is C25H24O2. The van der Waals surface area contributed by atoms with Gasteiger partial charge in [-0.25, -0.2) is 0 Å². The maximum absolute atomic E-state index is 10.1. The lowest BCUT2D eigenvalue weighted by atomic mass is 9.83. The monoisotopic (exact) mass is 356 g/mol. The summed E-state index contributed by atoms with van der Waals surface area (Å²) in [5, 5.41) is 20.3. The molecule has 0 amide bonds. The molecule has 0 aromatic heterocycles. The Labute approximate surface area is 160 Å². The smallest absolute Gasteiger partial charge is 0.119 e. The van der Waals surface area contributed by atoms with Gasteiger partial charge in [0, 0.05) is 5.92 Å². The van der Waals surface area contributed by atoms with E-state index in [0.29, 0.717) is 12.8 Å². The minimum Gasteiger partial charge on any atom is -0.508 e. The van der Waals surface area contributed by atoms with Crippen molar-refractivity contribution >= 4 is 0 Å². The summed E-state index contributed by atoms with van der Waals surface area (Å²) in [4.78, 5) is 0. The predicted molar refractivity (Wildman–Crippen MR) is 111 cm³/mol. The molecule has 0 aliphatic heterocycles. The van der Waals surface area contributed by atoms with Gasteiger partial charge < -0.3 is 10.2 Å². The van der Waals surface area contributed by atoms with E-state index in [4.69, 9.17) is 0 Å². The van der Waals surface area contributed by atoms with Crippen molar-refractivity contribution in [3.8, 4) is 11.5 Å². The summed E-state index contributed by atoms with van der Waals surface area (Å²) in [5.41, 5.74) is 5.04. The number of hydrogen-bond donors (Lipinski definition) is 2. The van der Waals surface area contributed by atoms with Crippen LogP contribution in [0, 0.1) is 0 Å². The summed E-state index contributed by atoms with van der Waals surface area (Å²) in [5.74, 6) is 0.562. The Balaban J connectivity index is 2.16. The van der Waals surface area contributed by atoms with Gasteiger partial charge in [0.2, 0.25) is 0 Å². The molecule has 3 rings (SSSR count). The van der Waals surface area contributed by atoms with E-state index in [2.05, 4.69) is 25.3 Å². The van der Waals surface area contributed by atoms with Gasteiger partial charge in [0.05, 0.1) is 0 Å². The Morgan fingerprint density at radius 1 is 0.667 bits per heavy atom. The predicted octanol–water partition coefficient (Wildman–Crippen LogP) is 5.74. The summed E-state index contributed by atoms with van der Waals surface area (Å²) < 4.78 is 0. The summed E-state index contributed by atoms with van der Waals surface area (Å²) in [7, 11) is 0. The van der Waals surface area contributed by atoms with Gasteiger partial charge in [0.1, 0.15) is 11.5 Å². The molecule has 0 unspecified atom stereocenters. The van der Waals surface area contributed by atoms with Crippen LogP contribution >= 0.6 is 0 Å². The third-order valence-corrected chi connectivity index (χ3v) is 4.74. The van der Waals surface area contributed by atoms with Crippen LogP contribution in [-0.4, -0.2) is 10.2 Å². The third kappa shape index (κ3) is 4.12. The van der Waals surface area contributed by atoms with Crippen LogP contribution in [-0.2, 0) is 12.8 Å². The first-order chi connectivity index (χ1) is 13.1. The molecule has 0 fully saturated rings. The van der Waals surface area contributed by atoms with Crippen LogP contribution < -0.4 is 0 Å². The fourth-order valence-electron chi connectivity index (χ4n) is 3.43. The molecule has 0 heterocycles. The maximum Gasteiger partial charge on any atom is 0.119 e. The first-order valence-electron chi connectivity index (χ1n) is 9.04. The number of aromatic hydroxyl groups is 2. The van der Waals surface area contributed by atoms with E-state index in [-0.39, 0.29) is 17.4 Å². The van der Waals surface area contributed by atoms with Gasteiger partial charge in [0.25, 0.3) is 0 Å². The summed E-state index contributed by atoms with van der Waals surface area (Å²) in [6.07, 6.45) is 4.80. The molecule has 2 nitrogen and oxygen atoms in total. The molecule has 0 aliphatic carbocycles. The van der Waals surface area contributed by atoms with E-state index in [1.165, 1.54) is 0 Å². The molecule has 136 valence electrons. The molecule has 0 saturated heterocycles. The van der Waals surface area contributed by atoms with Gasteiger partial charge in [-0.1, -0.05) is 66.7 Å². The molecule has 2 heteroatoms. The molecule has 3 aromatic rings. The first kappa shape index (κ1) is 18.5. The third-order valence-electron chi connectivity index (χ3n) is 4.74. The zero-order valence-corrected chi connectivity index (χ0v) is 15.3. The topological polar surface area (TPSA) is 40.5 Å². The Morgan fingerprint density at radius 2 is 1.15 bits per heavy atom. The van der Waals surface area contributed by atoms with Crippen molar-refractivity contribution in [3.05, 3.63) is 120 Å². The van der Waals surface area contributed by atoms with E-state index >= 15 is 0 Å². The summed E-state index contributed by atoms with van der Waals surface area (Å²) >= 11 is 0. The Morgan fingerprint density at radius 3 is 1.59 bits per heavy atom. The van der Waals surface area contributed by atoms with E-state index in [0.717, 1.165) is 27.8 Å². The number of allylic oxidation sites excluding steroid dienone is 2. The number of hydrogen-bond acceptors (Lipinski definition) is 2. The molecule has 0 atom stereocenters. The van der Waals surface area contributed by atoms with Crippen molar-refractivity contribution in [2.75, 3.05) is 0 Å². The second-order valence-electron chi connectivity index (χ2n) is 6.61. The average molecular weight is 356 g/mol. The zero-order chi connectivity index (χ0) is 19.2. The molecule has 0 radical (unpaired) electrons. The summed E-state index contributed by atoms with van der Waals surface area (Å²) in [6, 6.07) is 21.7. The quantitative estimate of drug-likeness (QED) is 0.419. The zero-order valence-electron chi connectivity index (χ0n) is 15.3. The van der Waals surface area contributed by atoms with Crippen molar-refractivity contribution in [3.63, 3.8) is 0 Å². The van der Waals surface area contributed by atoms with Gasteiger partial charge in [0.15, 0.2) is 0 Å². The molecule has 0 saturated carbocycles. The number of phenols is 2. The second kappa shape index (κ2) is 8.41. The highest BCUT2D eigenvalue weighted by atomic mass is 16.3. The van der Waals surface area contributed by atoms with Crippen LogP contribution in [0.1, 0.15) is 33.7 Å². The lowest BCUT2D eigenvalue weighted by Crippen LogP contribution is -2.05. The molecule has 0 spiro atoms. The summed E-state index contributed by atoms with van der Waals surface area (Å²) in [6.45, 7) is 7.56. The van der Waals surface area contributed by atoms with E-state index in [9.17, 15) is 10.2 Å². The van der Waals surface area contributed by atoms with Gasteiger partial charge in [-0.05, 0) is 52.8 Å². The van der Waals surface area contributed by atoms with Gasteiger partial charge in [-0.15, -0.1) is 13.2 Å². The van der Waals surface area contributed by atoms with Gasteiger partial charge >= 0.3 is 0 Å². The lowest BCUT2D eigenvalue weighted by Gasteiger charge is -2.21. The van der Waals surface area contributed by atoms with Crippen molar-refractivity contribution < 1.29 is 10.2 Å². The van der Waals surface area contributed by atoms with Crippen molar-refractivity contribution in [1.82, 2.24) is 0 Å². The van der Waals surface area contributed by atoms with Crippen molar-refractivity contribution in [2.24, 2.45) is 0 Å². The lowest BCUT2D eigenvalue weighted by molar-refractivity contribution is 0.469. The van der Waals surface area contributed by atoms with Crippen molar-refractivity contribution in [2.45, 2.75) is 18.8 Å². The standard InChI is InChI=1S/C25H24O2/c1-3-8-19-16-21(12-14-23(19)26)25(18-10-6-5-7-11-18)22-13-15-24(27)20(17-22)9-4-2/h3-7,10-17,25-27H,1-2,8-9H2. The normalized spacial score (nSPS) is 10.7. The highest BCUT2D eigenvalue weighted by molar-refractivity contribution is 5.50. The second-order valence-corrected chi connectivity index (χ2v) is 6.61. The Kier molecular flexibility index (Phi) is 5.77. The number of rotatable bonds is 7. The molecule has 2 N–H and O–H groups in total. The van der Waals surface area contributed by atoms with Gasteiger partial charge in [-0.2, -0.15) is 0 Å². The SMILES string of the molecule is C=CCc1cc(C(c2ccccc2)c2ccc(O)c(CC=C)c2)ccc1O. The highest BCUT2D eigenvalue weighted by Gasteiger charge is 2.19. The number of benzene rings is 3. The van der Waals surface area contributed by atoms with E-state index in [1.54, 1.807) is 24.3 Å². The minimum absolute atomic E-state index is 0.000435. The maximum atomic E-state index is 10.1. The van der Waals surface area contributed by atoms with Crippen LogP contribution in [0.4, 0.5) is 0 Å². The molecule has 3 aromatic carbocycles. The Hall–Kier alpha value is -3.26. The van der Waals surface area contributed by atoms with Crippen LogP contribution in [0.2, 0.25) is 0 Å². The number of phenolic OH excluding ortho intramolecular Hbond substituents is 2. The largest absolute Gasteiger partial charge is 0.508 e. The minimum atomic E-state index is -0.000435. The Bertz CT molecular complexity index is 882. The van der Waals surface area contributed by atoms with E-state index < -0.39 is 0 Å². The fourth-order valence-corrected chi connectivity index (χ4v) is 3.43. The molecule has 0 bridgehead atoms. The van der Waals surface area contributed by atoms with Crippen LogP contribution in [0.3, 0.4) is 0 Å². The fraction of sp³-hybridized carbons (Fsp3) is 0.120. The van der Waals surface area contributed by atoms with Gasteiger partial charge in [-0.3, -0.25) is 0 Å². The molecule has 27 heavy (non-hydrogen) atoms. The average Bonchev–Trinajstić information content (AvgIpc) is 2.68. The van der Waals surface area contributed by atoms with Crippen LogP contribution in [0.15, 0.2) is 92.0 Å². The van der Waals surface area contributed by atoms with Crippen molar-refractivity contribution in [1.29, 1.82) is 0 Å². The van der Waals surface area contributed by atoms with Crippen LogP contribution in [0.25, 0.3) is 0 Å². The highest BCUT2D eigenvalue weighted by Crippen LogP contribution is 2.36. The van der Waals surface area contributed by atoms with E-state index in [1.807, 2.05) is 42.5 Å². The first-order valence-corrected chi connectivity index (χ1v) is 9.04.